The summed E-state index contributed by atoms with van der Waals surface area (Å²) < 4.78 is 0. The molecule has 1 saturated heterocycles. The summed E-state index contributed by atoms with van der Waals surface area (Å²) in [4.78, 5) is 2.51. The van der Waals surface area contributed by atoms with Gasteiger partial charge in [-0.25, -0.2) is 0 Å². The monoisotopic (exact) mass is 224 g/mol. The number of likely N-dealkylation sites (N-methyl/N-ethyl adjacent to an activating group) is 1. The van der Waals surface area contributed by atoms with Gasteiger partial charge >= 0.3 is 0 Å². The van der Waals surface area contributed by atoms with Crippen LogP contribution in [-0.2, 0) is 0 Å². The number of likely N-dealkylation sites (tertiary alicyclic amines) is 1. The highest BCUT2D eigenvalue weighted by molar-refractivity contribution is 4.79. The molecule has 0 aromatic carbocycles. The number of nitrogens with one attached hydrogen (secondary N) is 1. The minimum atomic E-state index is 0.806. The van der Waals surface area contributed by atoms with Crippen LogP contribution in [0.2, 0.25) is 0 Å². The second-order valence-corrected chi connectivity index (χ2v) is 6.07. The highest BCUT2D eigenvalue weighted by atomic mass is 15.2. The minimum Gasteiger partial charge on any atom is -0.315 e. The van der Waals surface area contributed by atoms with Crippen molar-refractivity contribution < 1.29 is 0 Å². The van der Waals surface area contributed by atoms with Crippen LogP contribution in [0.4, 0.5) is 0 Å². The Kier molecular flexibility index (Phi) is 4.66. The number of nitrogens with zero attached hydrogens (tertiary/aromatic N) is 1. The Balaban J connectivity index is 1.60. The van der Waals surface area contributed by atoms with Crippen molar-refractivity contribution in [2.45, 2.75) is 51.5 Å². The Bertz CT molecular complexity index is 205. The van der Waals surface area contributed by atoms with Crippen LogP contribution < -0.4 is 5.32 Å². The first-order valence-electron chi connectivity index (χ1n) is 7.16. The quantitative estimate of drug-likeness (QED) is 0.789. The maximum atomic E-state index is 3.71. The highest BCUT2D eigenvalue weighted by Gasteiger charge is 2.22. The lowest BCUT2D eigenvalue weighted by Gasteiger charge is -2.28. The van der Waals surface area contributed by atoms with Gasteiger partial charge in [0.25, 0.3) is 0 Å². The van der Waals surface area contributed by atoms with Crippen LogP contribution in [-0.4, -0.2) is 37.6 Å². The molecule has 94 valence electrons. The largest absolute Gasteiger partial charge is 0.315 e. The Morgan fingerprint density at radius 2 is 2.00 bits per heavy atom. The van der Waals surface area contributed by atoms with Crippen LogP contribution in [0, 0.1) is 11.8 Å². The van der Waals surface area contributed by atoms with Gasteiger partial charge in [-0.15, -0.1) is 0 Å². The van der Waals surface area contributed by atoms with Gasteiger partial charge in [0.2, 0.25) is 0 Å². The minimum absolute atomic E-state index is 0.806. The lowest BCUT2D eigenvalue weighted by Crippen LogP contribution is -2.38. The molecule has 3 unspecified atom stereocenters. The van der Waals surface area contributed by atoms with Gasteiger partial charge in [-0.1, -0.05) is 19.8 Å². The summed E-state index contributed by atoms with van der Waals surface area (Å²) in [5, 5.41) is 3.71. The van der Waals surface area contributed by atoms with Crippen LogP contribution >= 0.6 is 0 Å². The van der Waals surface area contributed by atoms with Crippen LogP contribution in [0.5, 0.6) is 0 Å². The Morgan fingerprint density at radius 3 is 2.69 bits per heavy atom. The molecular formula is C14H28N2. The molecule has 3 atom stereocenters. The van der Waals surface area contributed by atoms with Gasteiger partial charge in [0.05, 0.1) is 0 Å². The van der Waals surface area contributed by atoms with Gasteiger partial charge in [-0.3, -0.25) is 0 Å². The predicted octanol–water partition coefficient (Wildman–Crippen LogP) is 2.50. The second kappa shape index (κ2) is 6.02. The Morgan fingerprint density at radius 1 is 1.12 bits per heavy atom. The summed E-state index contributed by atoms with van der Waals surface area (Å²) in [5.74, 6) is 1.92. The molecule has 2 heteroatoms. The van der Waals surface area contributed by atoms with Gasteiger partial charge in [0, 0.05) is 12.6 Å². The standard InChI is InChI=1S/C14H28N2/c1-12-5-3-6-13(9-12)10-15-11-14-7-4-8-16(14)2/h12-15H,3-11H2,1-2H3. The molecule has 0 radical (unpaired) electrons. The van der Waals surface area contributed by atoms with E-state index in [1.54, 1.807) is 0 Å². The van der Waals surface area contributed by atoms with Gasteiger partial charge in [0.15, 0.2) is 0 Å². The van der Waals surface area contributed by atoms with E-state index in [-0.39, 0.29) is 0 Å². The fraction of sp³-hybridized carbons (Fsp3) is 1.00. The molecule has 1 heterocycles. The Hall–Kier alpha value is -0.0800. The molecule has 0 aromatic rings. The van der Waals surface area contributed by atoms with E-state index in [1.165, 1.54) is 58.2 Å². The molecule has 2 fully saturated rings. The zero-order valence-corrected chi connectivity index (χ0v) is 11.0. The average molecular weight is 224 g/mol. The lowest BCUT2D eigenvalue weighted by atomic mass is 9.82. The van der Waals surface area contributed by atoms with Crippen molar-refractivity contribution in [1.82, 2.24) is 10.2 Å². The van der Waals surface area contributed by atoms with Crippen LogP contribution in [0.25, 0.3) is 0 Å². The maximum absolute atomic E-state index is 3.71. The first kappa shape index (κ1) is 12.4. The normalized spacial score (nSPS) is 36.8. The summed E-state index contributed by atoms with van der Waals surface area (Å²) in [6.45, 7) is 6.18. The molecule has 2 rings (SSSR count). The summed E-state index contributed by atoms with van der Waals surface area (Å²) in [7, 11) is 2.27. The molecule has 1 saturated carbocycles. The lowest BCUT2D eigenvalue weighted by molar-refractivity contribution is 0.256. The first-order valence-corrected chi connectivity index (χ1v) is 7.16. The second-order valence-electron chi connectivity index (χ2n) is 6.07. The third-order valence-electron chi connectivity index (χ3n) is 4.53. The summed E-state index contributed by atoms with van der Waals surface area (Å²) >= 11 is 0. The van der Waals surface area contributed by atoms with Crippen molar-refractivity contribution in [3.63, 3.8) is 0 Å². The van der Waals surface area contributed by atoms with Crippen LogP contribution in [0.15, 0.2) is 0 Å². The fourth-order valence-corrected chi connectivity index (χ4v) is 3.44. The Labute approximate surface area is 101 Å². The average Bonchev–Trinajstić information content (AvgIpc) is 2.65. The van der Waals surface area contributed by atoms with Crippen molar-refractivity contribution in [3.8, 4) is 0 Å². The van der Waals surface area contributed by atoms with Crippen molar-refractivity contribution in [3.05, 3.63) is 0 Å². The summed E-state index contributed by atoms with van der Waals surface area (Å²) in [6.07, 6.45) is 8.61. The van der Waals surface area contributed by atoms with Crippen molar-refractivity contribution in [2.24, 2.45) is 11.8 Å². The van der Waals surface area contributed by atoms with Crippen molar-refractivity contribution >= 4 is 0 Å². The fourth-order valence-electron chi connectivity index (χ4n) is 3.44. The molecule has 16 heavy (non-hydrogen) atoms. The van der Waals surface area contributed by atoms with Gasteiger partial charge < -0.3 is 10.2 Å². The predicted molar refractivity (Wildman–Crippen MR) is 69.6 cm³/mol. The molecule has 0 bridgehead atoms. The van der Waals surface area contributed by atoms with E-state index >= 15 is 0 Å². The van der Waals surface area contributed by atoms with E-state index < -0.39 is 0 Å². The smallest absolute Gasteiger partial charge is 0.0218 e. The van der Waals surface area contributed by atoms with E-state index in [1.807, 2.05) is 0 Å². The summed E-state index contributed by atoms with van der Waals surface area (Å²) in [5.41, 5.74) is 0. The maximum Gasteiger partial charge on any atom is 0.0218 e. The molecule has 2 nitrogen and oxygen atoms in total. The molecule has 1 N–H and O–H groups in total. The van der Waals surface area contributed by atoms with Crippen LogP contribution in [0.1, 0.15) is 45.4 Å². The number of hydrogen-bond donors (Lipinski definition) is 1. The van der Waals surface area contributed by atoms with Crippen molar-refractivity contribution in [1.29, 1.82) is 0 Å². The van der Waals surface area contributed by atoms with Crippen molar-refractivity contribution in [2.75, 3.05) is 26.7 Å². The van der Waals surface area contributed by atoms with E-state index in [4.69, 9.17) is 0 Å². The van der Waals surface area contributed by atoms with E-state index in [9.17, 15) is 0 Å². The molecule has 2 aliphatic rings. The van der Waals surface area contributed by atoms with Gasteiger partial charge in [-0.2, -0.15) is 0 Å². The topological polar surface area (TPSA) is 15.3 Å². The third-order valence-corrected chi connectivity index (χ3v) is 4.53. The van der Waals surface area contributed by atoms with Crippen LogP contribution in [0.3, 0.4) is 0 Å². The molecule has 1 aliphatic carbocycles. The first-order chi connectivity index (χ1) is 7.75. The number of hydrogen-bond acceptors (Lipinski definition) is 2. The van der Waals surface area contributed by atoms with Gasteiger partial charge in [0.1, 0.15) is 0 Å². The molecular weight excluding hydrogens is 196 g/mol. The third kappa shape index (κ3) is 3.46. The number of rotatable bonds is 4. The van der Waals surface area contributed by atoms with E-state index in [0.717, 1.165) is 17.9 Å². The highest BCUT2D eigenvalue weighted by Crippen LogP contribution is 2.27. The SMILES string of the molecule is CC1CCCC(CNCC2CCCN2C)C1. The van der Waals surface area contributed by atoms with Gasteiger partial charge in [-0.05, 0) is 57.7 Å². The molecule has 1 aliphatic heterocycles. The van der Waals surface area contributed by atoms with E-state index in [0.29, 0.717) is 0 Å². The molecule has 0 aromatic heterocycles. The zero-order chi connectivity index (χ0) is 11.4. The summed E-state index contributed by atoms with van der Waals surface area (Å²) in [6, 6.07) is 0.806. The molecule has 0 spiro atoms. The molecule has 0 amide bonds. The van der Waals surface area contributed by atoms with E-state index in [2.05, 4.69) is 24.2 Å². The zero-order valence-electron chi connectivity index (χ0n) is 11.0.